The van der Waals surface area contributed by atoms with Gasteiger partial charge in [0.2, 0.25) is 5.91 Å². The van der Waals surface area contributed by atoms with Gasteiger partial charge in [0.05, 0.1) is 26.4 Å². The number of rotatable bonds is 5. The van der Waals surface area contributed by atoms with Crippen LogP contribution in [0.15, 0.2) is 18.2 Å². The molecular weight excluding hydrogens is 311 g/mol. The Hall–Kier alpha value is -1.37. The molecule has 2 N–H and O–H groups in total. The van der Waals surface area contributed by atoms with E-state index in [4.69, 9.17) is 9.47 Å². The minimum atomic E-state index is -0.432. The zero-order valence-electron chi connectivity index (χ0n) is 12.7. The van der Waals surface area contributed by atoms with E-state index in [2.05, 4.69) is 10.6 Å². The molecule has 1 saturated heterocycles. The molecule has 0 radical (unpaired) electrons. The van der Waals surface area contributed by atoms with Crippen LogP contribution in [0.5, 0.6) is 5.75 Å². The number of hydrogen-bond donors (Lipinski definition) is 2. The highest BCUT2D eigenvalue weighted by molar-refractivity contribution is 5.85. The van der Waals surface area contributed by atoms with Gasteiger partial charge in [-0.2, -0.15) is 0 Å². The minimum Gasteiger partial charge on any atom is -0.494 e. The molecule has 1 aliphatic rings. The van der Waals surface area contributed by atoms with Crippen molar-refractivity contribution < 1.29 is 18.7 Å². The van der Waals surface area contributed by atoms with Crippen LogP contribution in [0.4, 0.5) is 4.39 Å². The molecule has 0 saturated carbocycles. The van der Waals surface area contributed by atoms with Gasteiger partial charge in [0.1, 0.15) is 0 Å². The second-order valence-corrected chi connectivity index (χ2v) is 5.11. The average molecular weight is 333 g/mol. The van der Waals surface area contributed by atoms with E-state index < -0.39 is 5.82 Å². The molecule has 0 aliphatic carbocycles. The Kier molecular flexibility index (Phi) is 7.58. The van der Waals surface area contributed by atoms with Crippen LogP contribution in [0.25, 0.3) is 0 Å². The van der Waals surface area contributed by atoms with Crippen molar-refractivity contribution in [2.45, 2.75) is 25.4 Å². The van der Waals surface area contributed by atoms with Crippen molar-refractivity contribution in [2.24, 2.45) is 0 Å². The number of methoxy groups -OCH3 is 1. The number of nitrogens with one attached hydrogen (secondary N) is 2. The van der Waals surface area contributed by atoms with Crippen LogP contribution in [-0.4, -0.2) is 38.8 Å². The lowest BCUT2D eigenvalue weighted by atomic mass is 10.1. The summed E-state index contributed by atoms with van der Waals surface area (Å²) in [5.41, 5.74) is 0.703. The molecule has 1 fully saturated rings. The molecule has 1 aromatic carbocycles. The number of ether oxygens (including phenoxy) is 2. The van der Waals surface area contributed by atoms with Gasteiger partial charge in [-0.15, -0.1) is 12.4 Å². The van der Waals surface area contributed by atoms with Crippen molar-refractivity contribution in [1.29, 1.82) is 0 Å². The van der Waals surface area contributed by atoms with E-state index in [0.717, 1.165) is 6.54 Å². The molecule has 22 heavy (non-hydrogen) atoms. The third-order valence-electron chi connectivity index (χ3n) is 3.48. The molecular formula is C15H22ClFN2O3. The second-order valence-electron chi connectivity index (χ2n) is 5.11. The summed E-state index contributed by atoms with van der Waals surface area (Å²) < 4.78 is 23.8. The van der Waals surface area contributed by atoms with E-state index in [1.54, 1.807) is 12.1 Å². The lowest BCUT2D eigenvalue weighted by Gasteiger charge is -2.24. The zero-order chi connectivity index (χ0) is 15.2. The summed E-state index contributed by atoms with van der Waals surface area (Å²) >= 11 is 0. The quantitative estimate of drug-likeness (QED) is 0.863. The molecule has 1 aromatic rings. The van der Waals surface area contributed by atoms with Crippen LogP contribution in [-0.2, 0) is 9.53 Å². The third kappa shape index (κ3) is 5.12. The van der Waals surface area contributed by atoms with Gasteiger partial charge in [-0.3, -0.25) is 4.79 Å². The van der Waals surface area contributed by atoms with Crippen molar-refractivity contribution in [2.75, 3.05) is 26.9 Å². The maximum absolute atomic E-state index is 13.7. The number of amides is 1. The van der Waals surface area contributed by atoms with E-state index >= 15 is 0 Å². The molecule has 2 unspecified atom stereocenters. The Morgan fingerprint density at radius 1 is 1.59 bits per heavy atom. The summed E-state index contributed by atoms with van der Waals surface area (Å²) in [6.07, 6.45) is 0.350. The normalized spacial score (nSPS) is 19.0. The highest BCUT2D eigenvalue weighted by atomic mass is 35.5. The summed E-state index contributed by atoms with van der Waals surface area (Å²) in [4.78, 5) is 12.0. The highest BCUT2D eigenvalue weighted by Crippen LogP contribution is 2.21. The van der Waals surface area contributed by atoms with Gasteiger partial charge in [-0.1, -0.05) is 6.07 Å². The van der Waals surface area contributed by atoms with E-state index in [-0.39, 0.29) is 36.1 Å². The van der Waals surface area contributed by atoms with Crippen LogP contribution >= 0.6 is 12.4 Å². The molecule has 1 amide bonds. The van der Waals surface area contributed by atoms with Crippen molar-refractivity contribution >= 4 is 18.3 Å². The molecule has 7 heteroatoms. The van der Waals surface area contributed by atoms with E-state index in [9.17, 15) is 9.18 Å². The van der Waals surface area contributed by atoms with Crippen molar-refractivity contribution in [3.8, 4) is 5.75 Å². The van der Waals surface area contributed by atoms with Crippen molar-refractivity contribution in [3.05, 3.63) is 29.6 Å². The smallest absolute Gasteiger partial charge is 0.222 e. The molecule has 0 aromatic heterocycles. The van der Waals surface area contributed by atoms with E-state index in [0.29, 0.717) is 25.2 Å². The van der Waals surface area contributed by atoms with Crippen LogP contribution in [0.2, 0.25) is 0 Å². The predicted octanol–water partition coefficient (Wildman–Crippen LogP) is 1.81. The Balaban J connectivity index is 0.00000242. The molecule has 2 rings (SSSR count). The molecule has 5 nitrogen and oxygen atoms in total. The minimum absolute atomic E-state index is 0. The van der Waals surface area contributed by atoms with Gasteiger partial charge in [0, 0.05) is 19.0 Å². The SMILES string of the molecule is COc1ccc(C(C)NC(=O)CC2COCCN2)cc1F.Cl. The Bertz CT molecular complexity index is 496. The molecule has 0 spiro atoms. The fourth-order valence-electron chi connectivity index (χ4n) is 2.31. The van der Waals surface area contributed by atoms with E-state index in [1.807, 2.05) is 6.92 Å². The number of carbonyl (C=O) groups is 1. The average Bonchev–Trinajstić information content (AvgIpc) is 2.48. The second kappa shape index (κ2) is 8.92. The molecule has 0 bridgehead atoms. The monoisotopic (exact) mass is 332 g/mol. The standard InChI is InChI=1S/C15H21FN2O3.ClH/c1-10(11-3-4-14(20-2)13(16)7-11)18-15(19)8-12-9-21-6-5-17-12;/h3-4,7,10,12,17H,5-6,8-9H2,1-2H3,(H,18,19);1H. The molecule has 124 valence electrons. The first-order chi connectivity index (χ1) is 10.1. The molecule has 1 heterocycles. The van der Waals surface area contributed by atoms with Crippen LogP contribution in [0.1, 0.15) is 24.9 Å². The maximum Gasteiger partial charge on any atom is 0.222 e. The lowest BCUT2D eigenvalue weighted by Crippen LogP contribution is -2.44. The van der Waals surface area contributed by atoms with Crippen molar-refractivity contribution in [1.82, 2.24) is 10.6 Å². The predicted molar refractivity (Wildman–Crippen MR) is 84.0 cm³/mol. The summed E-state index contributed by atoms with van der Waals surface area (Å²) in [6.45, 7) is 3.81. The first-order valence-corrected chi connectivity index (χ1v) is 7.04. The van der Waals surface area contributed by atoms with Crippen LogP contribution in [0, 0.1) is 5.82 Å². The highest BCUT2D eigenvalue weighted by Gasteiger charge is 2.18. The van der Waals surface area contributed by atoms with Gasteiger partial charge in [0.25, 0.3) is 0 Å². The summed E-state index contributed by atoms with van der Waals surface area (Å²) in [5, 5.41) is 6.09. The number of carbonyl (C=O) groups excluding carboxylic acids is 1. The van der Waals surface area contributed by atoms with E-state index in [1.165, 1.54) is 13.2 Å². The summed E-state index contributed by atoms with van der Waals surface area (Å²) in [6, 6.07) is 4.46. The third-order valence-corrected chi connectivity index (χ3v) is 3.48. The maximum atomic E-state index is 13.7. The van der Waals surface area contributed by atoms with Gasteiger partial charge >= 0.3 is 0 Å². The fourth-order valence-corrected chi connectivity index (χ4v) is 2.31. The zero-order valence-corrected chi connectivity index (χ0v) is 13.5. The number of halogens is 2. The number of hydrogen-bond acceptors (Lipinski definition) is 4. The van der Waals surface area contributed by atoms with Gasteiger partial charge in [0.15, 0.2) is 11.6 Å². The first-order valence-electron chi connectivity index (χ1n) is 7.04. The van der Waals surface area contributed by atoms with Crippen molar-refractivity contribution in [3.63, 3.8) is 0 Å². The van der Waals surface area contributed by atoms with Gasteiger partial charge < -0.3 is 20.1 Å². The largest absolute Gasteiger partial charge is 0.494 e. The van der Waals surface area contributed by atoms with Crippen LogP contribution in [0.3, 0.4) is 0 Å². The summed E-state index contributed by atoms with van der Waals surface area (Å²) in [5.74, 6) is -0.319. The summed E-state index contributed by atoms with van der Waals surface area (Å²) in [7, 11) is 1.42. The van der Waals surface area contributed by atoms with Gasteiger partial charge in [-0.05, 0) is 24.6 Å². The Morgan fingerprint density at radius 2 is 2.36 bits per heavy atom. The molecule has 1 aliphatic heterocycles. The Labute approximate surface area is 136 Å². The number of morpholine rings is 1. The lowest BCUT2D eigenvalue weighted by molar-refractivity contribution is -0.122. The van der Waals surface area contributed by atoms with Gasteiger partial charge in [-0.25, -0.2) is 4.39 Å². The number of benzene rings is 1. The molecule has 2 atom stereocenters. The topological polar surface area (TPSA) is 59.6 Å². The Morgan fingerprint density at radius 3 is 2.95 bits per heavy atom. The fraction of sp³-hybridized carbons (Fsp3) is 0.533. The first kappa shape index (κ1) is 18.7. The van der Waals surface area contributed by atoms with Crippen LogP contribution < -0.4 is 15.4 Å².